The van der Waals surface area contributed by atoms with E-state index in [0.29, 0.717) is 23.0 Å². The van der Waals surface area contributed by atoms with Crippen LogP contribution in [0.5, 0.6) is 0 Å². The molecule has 0 spiro atoms. The third-order valence-corrected chi connectivity index (χ3v) is 7.14. The van der Waals surface area contributed by atoms with Gasteiger partial charge in [-0.15, -0.1) is 0 Å². The van der Waals surface area contributed by atoms with Crippen LogP contribution in [0.1, 0.15) is 59.8 Å². The van der Waals surface area contributed by atoms with Crippen molar-refractivity contribution in [3.8, 4) is 0 Å². The maximum absolute atomic E-state index is 12.0. The molecule has 0 heterocycles. The molecule has 0 fully saturated rings. The number of aliphatic hydroxyl groups excluding tert-OH is 2. The Morgan fingerprint density at radius 3 is 1.30 bits per heavy atom. The monoisotopic (exact) mass is 368 g/mol. The minimum Gasteiger partial charge on any atom is -0.396 e. The summed E-state index contributed by atoms with van der Waals surface area (Å²) in [5, 5.41) is 18.0. The average molecular weight is 369 g/mol. The van der Waals surface area contributed by atoms with E-state index in [-0.39, 0.29) is 24.0 Å². The summed E-state index contributed by atoms with van der Waals surface area (Å²) in [4.78, 5) is 0. The van der Waals surface area contributed by atoms with E-state index in [2.05, 4.69) is 27.7 Å². The van der Waals surface area contributed by atoms with Crippen LogP contribution >= 0.6 is 0 Å². The van der Waals surface area contributed by atoms with E-state index in [1.807, 2.05) is 0 Å². The van der Waals surface area contributed by atoms with Crippen molar-refractivity contribution in [2.75, 3.05) is 36.2 Å². The largest absolute Gasteiger partial charge is 0.396 e. The maximum atomic E-state index is 12.0. The highest BCUT2D eigenvalue weighted by atomic mass is 32.2. The van der Waals surface area contributed by atoms with Crippen LogP contribution in [-0.2, 0) is 21.6 Å². The van der Waals surface area contributed by atoms with Crippen molar-refractivity contribution in [1.29, 1.82) is 0 Å². The van der Waals surface area contributed by atoms with Crippen LogP contribution in [0.15, 0.2) is 0 Å². The molecule has 0 saturated heterocycles. The molecule has 140 valence electrons. The second-order valence-corrected chi connectivity index (χ2v) is 11.2. The van der Waals surface area contributed by atoms with Crippen molar-refractivity contribution in [3.63, 3.8) is 0 Å². The van der Waals surface area contributed by atoms with Gasteiger partial charge in [0.05, 0.1) is 0 Å². The smallest absolute Gasteiger partial charge is 0.0436 e. The SMILES string of the molecule is CC(C)(CCO)CCS(=O)CCCS(=O)CCC(C)(C)CCO. The van der Waals surface area contributed by atoms with Crippen LogP contribution < -0.4 is 0 Å². The Kier molecular flexibility index (Phi) is 11.8. The van der Waals surface area contributed by atoms with Crippen LogP contribution in [0.4, 0.5) is 0 Å². The van der Waals surface area contributed by atoms with Crippen LogP contribution in [-0.4, -0.2) is 54.9 Å². The summed E-state index contributed by atoms with van der Waals surface area (Å²) in [5.41, 5.74) is 0.0665. The van der Waals surface area contributed by atoms with E-state index < -0.39 is 21.6 Å². The van der Waals surface area contributed by atoms with Crippen molar-refractivity contribution >= 4 is 21.6 Å². The maximum Gasteiger partial charge on any atom is 0.0436 e. The molecule has 0 aliphatic heterocycles. The normalized spacial score (nSPS) is 15.6. The molecule has 2 N–H and O–H groups in total. The van der Waals surface area contributed by atoms with Gasteiger partial charge < -0.3 is 10.2 Å². The summed E-state index contributed by atoms with van der Waals surface area (Å²) in [6.45, 7) is 8.69. The van der Waals surface area contributed by atoms with Crippen molar-refractivity contribution < 1.29 is 18.6 Å². The summed E-state index contributed by atoms with van der Waals surface area (Å²) < 4.78 is 24.0. The number of aliphatic hydroxyl groups is 2. The summed E-state index contributed by atoms with van der Waals surface area (Å²) in [7, 11) is -1.72. The molecule has 0 radical (unpaired) electrons. The topological polar surface area (TPSA) is 74.6 Å². The first kappa shape index (κ1) is 23.2. The Morgan fingerprint density at radius 2 is 1.00 bits per heavy atom. The van der Waals surface area contributed by atoms with E-state index in [4.69, 9.17) is 10.2 Å². The van der Waals surface area contributed by atoms with Gasteiger partial charge in [-0.2, -0.15) is 0 Å². The summed E-state index contributed by atoms with van der Waals surface area (Å²) in [5.74, 6) is 2.54. The summed E-state index contributed by atoms with van der Waals surface area (Å²) in [6, 6.07) is 0. The van der Waals surface area contributed by atoms with Gasteiger partial charge in [-0.3, -0.25) is 8.42 Å². The lowest BCUT2D eigenvalue weighted by Gasteiger charge is -2.23. The molecule has 0 aromatic carbocycles. The van der Waals surface area contributed by atoms with Crippen LogP contribution in [0.25, 0.3) is 0 Å². The Balaban J connectivity index is 3.85. The molecule has 0 aliphatic carbocycles. The quantitative estimate of drug-likeness (QED) is 0.494. The molecule has 0 aromatic rings. The summed E-state index contributed by atoms with van der Waals surface area (Å²) in [6.07, 6.45) is 3.90. The molecular formula is C17H36O4S2. The number of hydrogen-bond acceptors (Lipinski definition) is 4. The van der Waals surface area contributed by atoms with E-state index in [9.17, 15) is 8.42 Å². The standard InChI is InChI=1S/C17H36O4S2/c1-16(2,6-10-18)8-14-22(20)12-5-13-23(21)15-9-17(3,4)7-11-19/h18-19H,5-15H2,1-4H3. The second kappa shape index (κ2) is 11.7. The molecule has 0 bridgehead atoms. The molecule has 2 unspecified atom stereocenters. The third-order valence-electron chi connectivity index (χ3n) is 4.33. The van der Waals surface area contributed by atoms with Crippen molar-refractivity contribution in [3.05, 3.63) is 0 Å². The Hall–Kier alpha value is 0.220. The predicted octanol–water partition coefficient (Wildman–Crippen LogP) is 2.47. The average Bonchev–Trinajstić information content (AvgIpc) is 2.43. The first-order valence-corrected chi connectivity index (χ1v) is 11.5. The molecule has 0 amide bonds. The number of rotatable bonds is 14. The fourth-order valence-corrected chi connectivity index (χ4v) is 5.30. The lowest BCUT2D eigenvalue weighted by molar-refractivity contribution is 0.207. The predicted molar refractivity (Wildman–Crippen MR) is 101 cm³/mol. The number of hydrogen-bond donors (Lipinski definition) is 2. The summed E-state index contributed by atoms with van der Waals surface area (Å²) >= 11 is 0. The first-order chi connectivity index (χ1) is 10.6. The van der Waals surface area contributed by atoms with Crippen molar-refractivity contribution in [1.82, 2.24) is 0 Å². The van der Waals surface area contributed by atoms with Gasteiger partial charge in [-0.1, -0.05) is 27.7 Å². The van der Waals surface area contributed by atoms with Crippen LogP contribution in [0.3, 0.4) is 0 Å². The van der Waals surface area contributed by atoms with Crippen molar-refractivity contribution in [2.45, 2.75) is 59.8 Å². The minimum absolute atomic E-state index is 0.0333. The van der Waals surface area contributed by atoms with E-state index in [1.165, 1.54) is 0 Å². The zero-order valence-corrected chi connectivity index (χ0v) is 16.9. The fourth-order valence-electron chi connectivity index (χ4n) is 2.22. The lowest BCUT2D eigenvalue weighted by atomic mass is 9.87. The van der Waals surface area contributed by atoms with Gasteiger partial charge >= 0.3 is 0 Å². The van der Waals surface area contributed by atoms with E-state index >= 15 is 0 Å². The van der Waals surface area contributed by atoms with E-state index in [0.717, 1.165) is 32.1 Å². The van der Waals surface area contributed by atoms with Gasteiger partial charge in [0.2, 0.25) is 0 Å². The van der Waals surface area contributed by atoms with Gasteiger partial charge in [0.1, 0.15) is 0 Å². The lowest BCUT2D eigenvalue weighted by Crippen LogP contribution is -2.19. The van der Waals surface area contributed by atoms with E-state index in [1.54, 1.807) is 0 Å². The third kappa shape index (κ3) is 13.2. The fraction of sp³-hybridized carbons (Fsp3) is 1.00. The van der Waals surface area contributed by atoms with Gasteiger partial charge in [0, 0.05) is 57.8 Å². The Labute approximate surface area is 147 Å². The molecule has 2 atom stereocenters. The molecule has 0 aromatic heterocycles. The molecule has 23 heavy (non-hydrogen) atoms. The zero-order valence-electron chi connectivity index (χ0n) is 15.3. The molecule has 0 aliphatic rings. The van der Waals surface area contributed by atoms with Crippen molar-refractivity contribution in [2.24, 2.45) is 10.8 Å². The highest BCUT2D eigenvalue weighted by Gasteiger charge is 2.19. The van der Waals surface area contributed by atoms with Gasteiger partial charge in [0.15, 0.2) is 0 Å². The second-order valence-electron chi connectivity index (χ2n) is 7.83. The highest BCUT2D eigenvalue weighted by molar-refractivity contribution is 7.85. The molecular weight excluding hydrogens is 332 g/mol. The molecule has 0 saturated carbocycles. The van der Waals surface area contributed by atoms with Gasteiger partial charge in [-0.25, -0.2) is 0 Å². The Bertz CT molecular complexity index is 334. The minimum atomic E-state index is -0.860. The van der Waals surface area contributed by atoms with Gasteiger partial charge in [-0.05, 0) is 42.9 Å². The molecule has 4 nitrogen and oxygen atoms in total. The van der Waals surface area contributed by atoms with Crippen LogP contribution in [0, 0.1) is 10.8 Å². The highest BCUT2D eigenvalue weighted by Crippen LogP contribution is 2.25. The van der Waals surface area contributed by atoms with Gasteiger partial charge in [0.25, 0.3) is 0 Å². The molecule has 0 rings (SSSR count). The molecule has 6 heteroatoms. The zero-order chi connectivity index (χ0) is 17.9. The first-order valence-electron chi connectivity index (χ1n) is 8.53. The Morgan fingerprint density at radius 1 is 0.652 bits per heavy atom. The van der Waals surface area contributed by atoms with Crippen LogP contribution in [0.2, 0.25) is 0 Å².